The largest absolute Gasteiger partial charge is 0.387 e. The van der Waals surface area contributed by atoms with E-state index in [0.717, 1.165) is 10.8 Å². The van der Waals surface area contributed by atoms with Gasteiger partial charge in [0.15, 0.2) is 23.9 Å². The molecule has 0 aliphatic carbocycles. The van der Waals surface area contributed by atoms with E-state index in [1.54, 1.807) is 0 Å². The van der Waals surface area contributed by atoms with Crippen LogP contribution in [0.1, 0.15) is 6.23 Å². The minimum atomic E-state index is -1.74. The minimum absolute atomic E-state index is 0.125. The number of ether oxygens (including phenoxy) is 1. The van der Waals surface area contributed by atoms with Crippen molar-refractivity contribution in [3.05, 3.63) is 22.4 Å². The number of halogens is 2. The first kappa shape index (κ1) is 12.1. The number of H-pyrrole nitrogens is 1. The van der Waals surface area contributed by atoms with Crippen molar-refractivity contribution in [3.8, 4) is 0 Å². The molecule has 102 valence electrons. The molecule has 1 aliphatic heterocycles. The summed E-state index contributed by atoms with van der Waals surface area (Å²) in [5.74, 6) is -1.08. The van der Waals surface area contributed by atoms with Crippen molar-refractivity contribution in [2.24, 2.45) is 0 Å². The molecule has 0 spiro atoms. The van der Waals surface area contributed by atoms with Gasteiger partial charge in [-0.2, -0.15) is 4.98 Å². The van der Waals surface area contributed by atoms with Gasteiger partial charge in [0.1, 0.15) is 11.5 Å². The Balaban J connectivity index is 2.23. The fraction of sp³-hybridized carbons (Fsp3) is 0.400. The fourth-order valence-corrected chi connectivity index (χ4v) is 2.13. The number of fused-ring (bicyclic) bond motifs is 1. The van der Waals surface area contributed by atoms with E-state index in [2.05, 4.69) is 9.97 Å². The lowest BCUT2D eigenvalue weighted by Crippen LogP contribution is -2.24. The zero-order chi connectivity index (χ0) is 13.7. The minimum Gasteiger partial charge on any atom is -0.387 e. The molecule has 4 N–H and O–H groups in total. The summed E-state index contributed by atoms with van der Waals surface area (Å²) in [7, 11) is 0. The van der Waals surface area contributed by atoms with Crippen molar-refractivity contribution in [3.63, 3.8) is 0 Å². The molecule has 3 atom stereocenters. The van der Waals surface area contributed by atoms with Crippen LogP contribution in [0, 0.1) is 5.82 Å². The Morgan fingerprint density at radius 2 is 2.37 bits per heavy atom. The Labute approximate surface area is 104 Å². The van der Waals surface area contributed by atoms with E-state index in [-0.39, 0.29) is 23.6 Å². The molecule has 9 heteroatoms. The van der Waals surface area contributed by atoms with E-state index in [1.165, 1.54) is 0 Å². The first-order valence-electron chi connectivity index (χ1n) is 5.48. The van der Waals surface area contributed by atoms with Gasteiger partial charge in [0, 0.05) is 6.20 Å². The molecule has 1 saturated heterocycles. The summed E-state index contributed by atoms with van der Waals surface area (Å²) in [4.78, 5) is 17.5. The Kier molecular flexibility index (Phi) is 2.54. The summed E-state index contributed by atoms with van der Waals surface area (Å²) in [6, 6.07) is 0. The molecule has 2 aromatic heterocycles. The van der Waals surface area contributed by atoms with Crippen molar-refractivity contribution < 1.29 is 18.6 Å². The number of nitrogens with one attached hydrogen (secondary N) is 1. The van der Waals surface area contributed by atoms with Crippen molar-refractivity contribution in [2.75, 3.05) is 12.3 Å². The number of hydrogen-bond acceptors (Lipinski definition) is 5. The van der Waals surface area contributed by atoms with Gasteiger partial charge in [0.25, 0.3) is 5.56 Å². The molecule has 0 amide bonds. The highest BCUT2D eigenvalue weighted by Gasteiger charge is 2.39. The maximum Gasteiger partial charge on any atom is 0.264 e. The summed E-state index contributed by atoms with van der Waals surface area (Å²) >= 11 is 0. The highest BCUT2D eigenvalue weighted by Crippen LogP contribution is 2.30. The number of aliphatic hydroxyl groups excluding tert-OH is 1. The summed E-state index contributed by atoms with van der Waals surface area (Å²) in [6.45, 7) is -0.216. The number of rotatable bonds is 1. The average Bonchev–Trinajstić information content (AvgIpc) is 2.82. The monoisotopic (exact) mass is 272 g/mol. The molecular formula is C10H10F2N4O3. The van der Waals surface area contributed by atoms with Crippen LogP contribution < -0.4 is 11.3 Å². The van der Waals surface area contributed by atoms with E-state index in [0.29, 0.717) is 0 Å². The molecule has 0 radical (unpaired) electrons. The van der Waals surface area contributed by atoms with Crippen molar-refractivity contribution in [2.45, 2.75) is 18.5 Å². The number of nitrogen functional groups attached to an aromatic ring is 1. The predicted molar refractivity (Wildman–Crippen MR) is 60.6 cm³/mol. The maximum absolute atomic E-state index is 13.7. The molecule has 3 rings (SSSR count). The van der Waals surface area contributed by atoms with Crippen molar-refractivity contribution >= 4 is 17.0 Å². The lowest BCUT2D eigenvalue weighted by molar-refractivity contribution is 0.0238. The molecule has 0 saturated carbocycles. The van der Waals surface area contributed by atoms with E-state index in [4.69, 9.17) is 10.5 Å². The SMILES string of the molecule is Nc1nc2c(c(F)cn2C2OCC(O)C2F)c(=O)[nH]1. The second kappa shape index (κ2) is 4.00. The van der Waals surface area contributed by atoms with Gasteiger partial charge in [-0.05, 0) is 0 Å². The highest BCUT2D eigenvalue weighted by molar-refractivity contribution is 5.77. The quantitative estimate of drug-likeness (QED) is 0.659. The van der Waals surface area contributed by atoms with Gasteiger partial charge in [-0.15, -0.1) is 0 Å². The number of nitrogens with two attached hydrogens (primary N) is 1. The molecule has 2 aromatic rings. The van der Waals surface area contributed by atoms with Crippen molar-refractivity contribution in [1.82, 2.24) is 14.5 Å². The smallest absolute Gasteiger partial charge is 0.264 e. The topological polar surface area (TPSA) is 106 Å². The normalized spacial score (nSPS) is 27.2. The maximum atomic E-state index is 13.7. The standard InChI is InChI=1S/C10H10F2N4O3/c11-3-1-16(9-6(12)4(17)2-19-9)7-5(3)8(18)15-10(13)14-7/h1,4,6,9,17H,2H2,(H3,13,14,15,18). The second-order valence-corrected chi connectivity index (χ2v) is 4.27. The summed E-state index contributed by atoms with van der Waals surface area (Å²) in [5, 5.41) is 8.97. The molecule has 1 aliphatic rings. The number of aromatic nitrogens is 3. The first-order valence-corrected chi connectivity index (χ1v) is 5.48. The van der Waals surface area contributed by atoms with Gasteiger partial charge in [-0.25, -0.2) is 8.78 Å². The summed E-state index contributed by atoms with van der Waals surface area (Å²) in [5.41, 5.74) is 4.50. The second-order valence-electron chi connectivity index (χ2n) is 4.27. The molecule has 7 nitrogen and oxygen atoms in total. The van der Waals surface area contributed by atoms with Crippen LogP contribution in [-0.2, 0) is 4.74 Å². The lowest BCUT2D eigenvalue weighted by atomic mass is 10.2. The van der Waals surface area contributed by atoms with Gasteiger partial charge < -0.3 is 15.6 Å². The third-order valence-electron chi connectivity index (χ3n) is 3.01. The summed E-state index contributed by atoms with van der Waals surface area (Å²) in [6.07, 6.45) is -3.38. The van der Waals surface area contributed by atoms with Crippen LogP contribution >= 0.6 is 0 Å². The van der Waals surface area contributed by atoms with Crippen molar-refractivity contribution in [1.29, 1.82) is 0 Å². The van der Waals surface area contributed by atoms with Gasteiger partial charge in [0.2, 0.25) is 5.95 Å². The van der Waals surface area contributed by atoms with E-state index in [9.17, 15) is 18.7 Å². The van der Waals surface area contributed by atoms with Crippen LogP contribution in [0.3, 0.4) is 0 Å². The highest BCUT2D eigenvalue weighted by atomic mass is 19.1. The lowest BCUT2D eigenvalue weighted by Gasteiger charge is -2.15. The van der Waals surface area contributed by atoms with E-state index < -0.39 is 29.9 Å². The molecule has 0 bridgehead atoms. The zero-order valence-electron chi connectivity index (χ0n) is 9.51. The van der Waals surface area contributed by atoms with Gasteiger partial charge in [-0.3, -0.25) is 14.3 Å². The van der Waals surface area contributed by atoms with Crippen LogP contribution in [0.4, 0.5) is 14.7 Å². The third-order valence-corrected chi connectivity index (χ3v) is 3.01. The molecule has 19 heavy (non-hydrogen) atoms. The van der Waals surface area contributed by atoms with E-state index >= 15 is 0 Å². The third kappa shape index (κ3) is 1.70. The molecule has 0 aromatic carbocycles. The Hall–Kier alpha value is -2.00. The Bertz CT molecular complexity index is 698. The number of alkyl halides is 1. The van der Waals surface area contributed by atoms with Gasteiger partial charge in [-0.1, -0.05) is 0 Å². The predicted octanol–water partition coefficient (Wildman–Crippen LogP) is -0.326. The number of nitrogens with zero attached hydrogens (tertiary/aromatic N) is 2. The number of anilines is 1. The average molecular weight is 272 g/mol. The van der Waals surface area contributed by atoms with Crippen LogP contribution in [0.25, 0.3) is 11.0 Å². The van der Waals surface area contributed by atoms with Crippen LogP contribution in [0.5, 0.6) is 0 Å². The molecule has 1 fully saturated rings. The zero-order valence-corrected chi connectivity index (χ0v) is 9.51. The van der Waals surface area contributed by atoms with E-state index in [1.807, 2.05) is 0 Å². The Morgan fingerprint density at radius 3 is 3.00 bits per heavy atom. The number of aromatic amines is 1. The molecular weight excluding hydrogens is 262 g/mol. The van der Waals surface area contributed by atoms with Crippen LogP contribution in [0.2, 0.25) is 0 Å². The number of aliphatic hydroxyl groups is 1. The number of hydrogen-bond donors (Lipinski definition) is 3. The summed E-state index contributed by atoms with van der Waals surface area (Å²) < 4.78 is 33.5. The fourth-order valence-electron chi connectivity index (χ4n) is 2.13. The Morgan fingerprint density at radius 1 is 1.63 bits per heavy atom. The van der Waals surface area contributed by atoms with Gasteiger partial charge >= 0.3 is 0 Å². The first-order chi connectivity index (χ1) is 8.99. The van der Waals surface area contributed by atoms with Crippen LogP contribution in [-0.4, -0.2) is 38.5 Å². The van der Waals surface area contributed by atoms with Crippen LogP contribution in [0.15, 0.2) is 11.0 Å². The van der Waals surface area contributed by atoms with Gasteiger partial charge in [0.05, 0.1) is 6.61 Å². The molecule has 3 unspecified atom stereocenters. The molecule has 3 heterocycles.